The third-order valence-electron chi connectivity index (χ3n) is 3.13. The molecule has 0 spiro atoms. The van der Waals surface area contributed by atoms with E-state index in [1.54, 1.807) is 18.2 Å². The molecular formula is C14H9IN2O4S. The molecule has 0 atom stereocenters. The summed E-state index contributed by atoms with van der Waals surface area (Å²) in [5.74, 6) is -1.20. The number of nitrogens with zero attached hydrogens (tertiary/aromatic N) is 2. The van der Waals surface area contributed by atoms with E-state index in [0.29, 0.717) is 14.6 Å². The van der Waals surface area contributed by atoms with Gasteiger partial charge in [0.2, 0.25) is 0 Å². The Bertz CT molecular complexity index is 981. The maximum absolute atomic E-state index is 12.8. The molecule has 0 unspecified atom stereocenters. The van der Waals surface area contributed by atoms with Crippen LogP contribution in [0.1, 0.15) is 10.5 Å². The second-order valence-corrected chi connectivity index (χ2v) is 7.34. The number of pyridine rings is 1. The van der Waals surface area contributed by atoms with Gasteiger partial charge >= 0.3 is 5.97 Å². The van der Waals surface area contributed by atoms with Crippen LogP contribution in [0.25, 0.3) is 10.9 Å². The van der Waals surface area contributed by atoms with Crippen LogP contribution in [0.3, 0.4) is 0 Å². The van der Waals surface area contributed by atoms with E-state index >= 15 is 0 Å². The van der Waals surface area contributed by atoms with Gasteiger partial charge in [-0.25, -0.2) is 22.2 Å². The summed E-state index contributed by atoms with van der Waals surface area (Å²) in [4.78, 5) is 15.2. The molecule has 22 heavy (non-hydrogen) atoms. The number of carboxylic acids is 1. The van der Waals surface area contributed by atoms with Gasteiger partial charge in [-0.1, -0.05) is 18.2 Å². The molecule has 2 heterocycles. The molecule has 0 aliphatic heterocycles. The number of aromatic carboxylic acids is 1. The van der Waals surface area contributed by atoms with Gasteiger partial charge in [-0.15, -0.1) is 0 Å². The Hall–Kier alpha value is -1.94. The van der Waals surface area contributed by atoms with E-state index in [0.717, 1.165) is 3.97 Å². The molecule has 0 aliphatic carbocycles. The monoisotopic (exact) mass is 428 g/mol. The quantitative estimate of drug-likeness (QED) is 0.648. The Morgan fingerprint density at radius 3 is 2.50 bits per heavy atom. The molecule has 112 valence electrons. The largest absolute Gasteiger partial charge is 0.476 e. The Balaban J connectivity index is 2.36. The van der Waals surface area contributed by atoms with Crippen molar-refractivity contribution >= 4 is 49.5 Å². The van der Waals surface area contributed by atoms with Gasteiger partial charge in [0.25, 0.3) is 10.0 Å². The zero-order valence-corrected chi connectivity index (χ0v) is 13.9. The lowest BCUT2D eigenvalue weighted by atomic mass is 10.2. The number of rotatable bonds is 3. The minimum atomic E-state index is -3.81. The molecule has 0 aliphatic rings. The van der Waals surface area contributed by atoms with E-state index < -0.39 is 16.0 Å². The summed E-state index contributed by atoms with van der Waals surface area (Å²) in [5, 5.41) is 9.47. The lowest BCUT2D eigenvalue weighted by molar-refractivity contribution is 0.0693. The molecule has 0 saturated heterocycles. The number of benzene rings is 1. The number of hydrogen-bond acceptors (Lipinski definition) is 4. The van der Waals surface area contributed by atoms with Crippen LogP contribution in [0.2, 0.25) is 0 Å². The third-order valence-corrected chi connectivity index (χ3v) is 5.99. The second-order valence-electron chi connectivity index (χ2n) is 4.45. The van der Waals surface area contributed by atoms with Crippen LogP contribution in [-0.2, 0) is 10.0 Å². The van der Waals surface area contributed by atoms with E-state index in [1.165, 1.54) is 30.5 Å². The van der Waals surface area contributed by atoms with Gasteiger partial charge < -0.3 is 5.11 Å². The van der Waals surface area contributed by atoms with E-state index in [2.05, 4.69) is 4.98 Å². The first-order valence-corrected chi connectivity index (χ1v) is 8.64. The summed E-state index contributed by atoms with van der Waals surface area (Å²) < 4.78 is 27.1. The van der Waals surface area contributed by atoms with E-state index in [4.69, 9.17) is 0 Å². The molecule has 0 fully saturated rings. The number of carboxylic acid groups (broad SMARTS) is 1. The van der Waals surface area contributed by atoms with Crippen molar-refractivity contribution in [3.63, 3.8) is 0 Å². The molecule has 0 radical (unpaired) electrons. The van der Waals surface area contributed by atoms with Crippen LogP contribution in [0.5, 0.6) is 0 Å². The average Bonchev–Trinajstić information content (AvgIpc) is 2.84. The molecule has 2 aromatic heterocycles. The number of halogens is 1. The van der Waals surface area contributed by atoms with Gasteiger partial charge in [0, 0.05) is 11.6 Å². The maximum atomic E-state index is 12.8. The van der Waals surface area contributed by atoms with Crippen LogP contribution < -0.4 is 0 Å². The molecule has 3 aromatic rings. The van der Waals surface area contributed by atoms with Crippen LogP contribution in [0.15, 0.2) is 53.6 Å². The normalized spacial score (nSPS) is 11.7. The fraction of sp³-hybridized carbons (Fsp3) is 0. The highest BCUT2D eigenvalue weighted by Gasteiger charge is 2.24. The summed E-state index contributed by atoms with van der Waals surface area (Å²) in [6, 6.07) is 11.0. The smallest absolute Gasteiger partial charge is 0.355 e. The Labute approximate surface area is 139 Å². The SMILES string of the molecule is O=C(O)c1nccc2c1cc(I)n2S(=O)(=O)c1ccccc1. The van der Waals surface area contributed by atoms with Crippen molar-refractivity contribution in [2.75, 3.05) is 0 Å². The summed E-state index contributed by atoms with van der Waals surface area (Å²) >= 11 is 1.87. The minimum Gasteiger partial charge on any atom is -0.476 e. The number of hydrogen-bond donors (Lipinski definition) is 1. The summed E-state index contributed by atoms with van der Waals surface area (Å²) in [6.45, 7) is 0. The van der Waals surface area contributed by atoms with Crippen LogP contribution >= 0.6 is 22.6 Å². The molecule has 0 bridgehead atoms. The Morgan fingerprint density at radius 1 is 1.18 bits per heavy atom. The van der Waals surface area contributed by atoms with Gasteiger partial charge in [0.05, 0.1) is 14.1 Å². The molecule has 1 aromatic carbocycles. The molecule has 0 saturated carbocycles. The lowest BCUT2D eigenvalue weighted by Crippen LogP contribution is -2.14. The van der Waals surface area contributed by atoms with Gasteiger partial charge in [-0.3, -0.25) is 0 Å². The van der Waals surface area contributed by atoms with Crippen molar-refractivity contribution in [2.24, 2.45) is 0 Å². The third kappa shape index (κ3) is 2.28. The lowest BCUT2D eigenvalue weighted by Gasteiger charge is -2.09. The van der Waals surface area contributed by atoms with Crippen LogP contribution in [-0.4, -0.2) is 28.5 Å². The van der Waals surface area contributed by atoms with Crippen molar-refractivity contribution in [3.05, 3.63) is 58.1 Å². The first kappa shape index (κ1) is 15.0. The first-order chi connectivity index (χ1) is 10.4. The fourth-order valence-corrected chi connectivity index (χ4v) is 4.95. The van der Waals surface area contributed by atoms with Crippen molar-refractivity contribution in [1.82, 2.24) is 8.96 Å². The van der Waals surface area contributed by atoms with Crippen molar-refractivity contribution in [1.29, 1.82) is 0 Å². The van der Waals surface area contributed by atoms with Gasteiger partial charge in [0.1, 0.15) is 0 Å². The van der Waals surface area contributed by atoms with Crippen molar-refractivity contribution < 1.29 is 18.3 Å². The summed E-state index contributed by atoms with van der Waals surface area (Å²) in [6.07, 6.45) is 1.29. The molecule has 8 heteroatoms. The fourth-order valence-electron chi connectivity index (χ4n) is 2.19. The van der Waals surface area contributed by atoms with Crippen molar-refractivity contribution in [3.8, 4) is 0 Å². The van der Waals surface area contributed by atoms with Crippen LogP contribution in [0, 0.1) is 3.70 Å². The van der Waals surface area contributed by atoms with Gasteiger partial charge in [0.15, 0.2) is 5.69 Å². The molecule has 6 nitrogen and oxygen atoms in total. The van der Waals surface area contributed by atoms with E-state index in [9.17, 15) is 18.3 Å². The zero-order chi connectivity index (χ0) is 15.9. The second kappa shape index (κ2) is 5.36. The van der Waals surface area contributed by atoms with Gasteiger partial charge in [-0.2, -0.15) is 0 Å². The molecule has 3 rings (SSSR count). The number of aromatic nitrogens is 2. The Kier molecular flexibility index (Phi) is 3.65. The topological polar surface area (TPSA) is 89.3 Å². The van der Waals surface area contributed by atoms with Gasteiger partial charge in [-0.05, 0) is 46.9 Å². The highest BCUT2D eigenvalue weighted by Crippen LogP contribution is 2.28. The first-order valence-electron chi connectivity index (χ1n) is 6.13. The molecular weight excluding hydrogens is 419 g/mol. The summed E-state index contributed by atoms with van der Waals surface area (Å²) in [7, 11) is -3.81. The van der Waals surface area contributed by atoms with E-state index in [-0.39, 0.29) is 10.6 Å². The maximum Gasteiger partial charge on any atom is 0.355 e. The average molecular weight is 428 g/mol. The highest BCUT2D eigenvalue weighted by atomic mass is 127. The molecule has 1 N–H and O–H groups in total. The van der Waals surface area contributed by atoms with Crippen LogP contribution in [0.4, 0.5) is 0 Å². The minimum absolute atomic E-state index is 0.138. The summed E-state index contributed by atoms with van der Waals surface area (Å²) in [5.41, 5.74) is 0.123. The predicted octanol–water partition coefficient (Wildman–Crippen LogP) is 2.58. The van der Waals surface area contributed by atoms with E-state index in [1.807, 2.05) is 22.6 Å². The zero-order valence-electron chi connectivity index (χ0n) is 11.0. The number of carbonyl (C=O) groups is 1. The predicted molar refractivity (Wildman–Crippen MR) is 88.4 cm³/mol. The highest BCUT2D eigenvalue weighted by molar-refractivity contribution is 14.1. The number of fused-ring (bicyclic) bond motifs is 1. The van der Waals surface area contributed by atoms with Crippen molar-refractivity contribution in [2.45, 2.75) is 4.90 Å². The Morgan fingerprint density at radius 2 is 1.86 bits per heavy atom. The standard InChI is InChI=1S/C14H9IN2O4S/c15-12-8-10-11(6-7-16-13(10)14(18)19)17(12)22(20,21)9-4-2-1-3-5-9/h1-8H,(H,18,19). The molecule has 0 amide bonds.